The normalized spacial score (nSPS) is 20.0. The number of alkyl halides is 1. The monoisotopic (exact) mass is 316 g/mol. The largest absolute Gasteiger partial charge is 0.323 e. The summed E-state index contributed by atoms with van der Waals surface area (Å²) in [6.45, 7) is 7.68. The molecule has 2 aromatic rings. The number of aromatic nitrogens is 3. The molecule has 0 saturated heterocycles. The smallest absolute Gasteiger partial charge is 0.263 e. The summed E-state index contributed by atoms with van der Waals surface area (Å²) < 4.78 is 16.8. The lowest BCUT2D eigenvalue weighted by Gasteiger charge is -2.13. The summed E-state index contributed by atoms with van der Waals surface area (Å²) in [6, 6.07) is 7.34. The highest BCUT2D eigenvalue weighted by Crippen LogP contribution is 2.73. The molecular weight excluding hydrogens is 295 g/mol. The highest BCUT2D eigenvalue weighted by Gasteiger charge is 2.83. The maximum absolute atomic E-state index is 15.1. The minimum absolute atomic E-state index is 0.543. The molecule has 6 heteroatoms. The second-order valence-electron chi connectivity index (χ2n) is 7.16. The summed E-state index contributed by atoms with van der Waals surface area (Å²) in [5, 5.41) is 6.76. The standard InChI is InChI=1S/C17H21FN4O/c1-15(2)16(3,4)17(15,18)14(23)21-13-7-5-6-12(8-13)9-22-11-19-10-20-22/h5-8,10-11H,9H2,1-4H3,(H,21,23). The van der Waals surface area contributed by atoms with Crippen LogP contribution in [0.2, 0.25) is 0 Å². The first-order chi connectivity index (χ1) is 10.7. The van der Waals surface area contributed by atoms with Crippen LogP contribution < -0.4 is 5.32 Å². The van der Waals surface area contributed by atoms with Crippen LogP contribution in [-0.2, 0) is 11.3 Å². The predicted octanol–water partition coefficient (Wildman–Crippen LogP) is 3.04. The third-order valence-corrected chi connectivity index (χ3v) is 5.53. The van der Waals surface area contributed by atoms with E-state index < -0.39 is 22.4 Å². The van der Waals surface area contributed by atoms with Gasteiger partial charge < -0.3 is 5.32 Å². The van der Waals surface area contributed by atoms with Crippen LogP contribution in [0, 0.1) is 10.8 Å². The molecule has 23 heavy (non-hydrogen) atoms. The van der Waals surface area contributed by atoms with Crippen LogP contribution >= 0.6 is 0 Å². The van der Waals surface area contributed by atoms with Crippen LogP contribution in [0.1, 0.15) is 33.3 Å². The van der Waals surface area contributed by atoms with Gasteiger partial charge >= 0.3 is 0 Å². The Balaban J connectivity index is 1.75. The predicted molar refractivity (Wildman–Crippen MR) is 85.6 cm³/mol. The first-order valence-electron chi connectivity index (χ1n) is 7.62. The molecule has 0 aliphatic heterocycles. The summed E-state index contributed by atoms with van der Waals surface area (Å²) in [5.41, 5.74) is -1.68. The zero-order chi connectivity index (χ0) is 16.9. The van der Waals surface area contributed by atoms with E-state index >= 15 is 4.39 Å². The average molecular weight is 316 g/mol. The quantitative estimate of drug-likeness (QED) is 0.943. The summed E-state index contributed by atoms with van der Waals surface area (Å²) in [7, 11) is 0. The third kappa shape index (κ3) is 2.16. The van der Waals surface area contributed by atoms with Crippen LogP contribution in [0.3, 0.4) is 0 Å². The Morgan fingerprint density at radius 2 is 1.96 bits per heavy atom. The van der Waals surface area contributed by atoms with Gasteiger partial charge in [-0.3, -0.25) is 4.79 Å². The summed E-state index contributed by atoms with van der Waals surface area (Å²) in [4.78, 5) is 16.3. The van der Waals surface area contributed by atoms with Crippen molar-refractivity contribution in [2.75, 3.05) is 5.32 Å². The van der Waals surface area contributed by atoms with Crippen LogP contribution in [0.5, 0.6) is 0 Å². The minimum Gasteiger partial charge on any atom is -0.323 e. The molecule has 1 aliphatic carbocycles. The molecule has 1 amide bonds. The Bertz CT molecular complexity index is 723. The maximum Gasteiger partial charge on any atom is 0.263 e. The van der Waals surface area contributed by atoms with Gasteiger partial charge in [-0.05, 0) is 17.7 Å². The molecule has 1 heterocycles. The van der Waals surface area contributed by atoms with E-state index in [1.165, 1.54) is 6.33 Å². The van der Waals surface area contributed by atoms with Crippen molar-refractivity contribution in [1.29, 1.82) is 0 Å². The fraction of sp³-hybridized carbons (Fsp3) is 0.471. The van der Waals surface area contributed by atoms with Crippen molar-refractivity contribution in [3.63, 3.8) is 0 Å². The van der Waals surface area contributed by atoms with E-state index in [4.69, 9.17) is 0 Å². The highest BCUT2D eigenvalue weighted by atomic mass is 19.1. The number of nitrogens with one attached hydrogen (secondary N) is 1. The zero-order valence-electron chi connectivity index (χ0n) is 13.8. The molecule has 1 aromatic heterocycles. The van der Waals surface area contributed by atoms with E-state index in [9.17, 15) is 4.79 Å². The molecule has 3 rings (SSSR count). The first kappa shape index (κ1) is 15.6. The van der Waals surface area contributed by atoms with Crippen molar-refractivity contribution in [3.05, 3.63) is 42.5 Å². The molecule has 0 unspecified atom stereocenters. The van der Waals surface area contributed by atoms with E-state index in [-0.39, 0.29) is 0 Å². The van der Waals surface area contributed by atoms with Crippen molar-refractivity contribution >= 4 is 11.6 Å². The van der Waals surface area contributed by atoms with Crippen molar-refractivity contribution in [2.24, 2.45) is 10.8 Å². The van der Waals surface area contributed by atoms with Gasteiger partial charge in [0.1, 0.15) is 12.7 Å². The summed E-state index contributed by atoms with van der Waals surface area (Å²) in [5.74, 6) is -0.578. The van der Waals surface area contributed by atoms with Gasteiger partial charge in [0.25, 0.3) is 5.91 Å². The number of benzene rings is 1. The molecule has 0 radical (unpaired) electrons. The number of nitrogens with zero attached hydrogens (tertiary/aromatic N) is 3. The van der Waals surface area contributed by atoms with Gasteiger partial charge in [-0.25, -0.2) is 14.1 Å². The molecule has 0 spiro atoms. The van der Waals surface area contributed by atoms with E-state index in [1.807, 2.05) is 18.2 Å². The fourth-order valence-corrected chi connectivity index (χ4v) is 3.28. The molecule has 122 valence electrons. The van der Waals surface area contributed by atoms with Gasteiger partial charge in [0.2, 0.25) is 0 Å². The van der Waals surface area contributed by atoms with Gasteiger partial charge in [-0.1, -0.05) is 39.8 Å². The van der Waals surface area contributed by atoms with E-state index in [0.29, 0.717) is 12.2 Å². The number of halogens is 1. The number of carbonyl (C=O) groups is 1. The van der Waals surface area contributed by atoms with Gasteiger partial charge in [-0.2, -0.15) is 5.10 Å². The Hall–Kier alpha value is -2.24. The van der Waals surface area contributed by atoms with E-state index in [2.05, 4.69) is 15.4 Å². The Labute approximate surface area is 134 Å². The summed E-state index contributed by atoms with van der Waals surface area (Å²) in [6.07, 6.45) is 3.09. The van der Waals surface area contributed by atoms with Crippen LogP contribution in [0.15, 0.2) is 36.9 Å². The zero-order valence-corrected chi connectivity index (χ0v) is 13.8. The van der Waals surface area contributed by atoms with Gasteiger partial charge in [0.15, 0.2) is 5.67 Å². The van der Waals surface area contributed by atoms with E-state index in [0.717, 1.165) is 5.56 Å². The van der Waals surface area contributed by atoms with Crippen molar-refractivity contribution < 1.29 is 9.18 Å². The minimum atomic E-state index is -1.86. The van der Waals surface area contributed by atoms with Crippen LogP contribution in [0.25, 0.3) is 0 Å². The molecule has 0 atom stereocenters. The molecule has 1 aromatic carbocycles. The number of hydrogen-bond donors (Lipinski definition) is 1. The van der Waals surface area contributed by atoms with Gasteiger partial charge in [0.05, 0.1) is 6.54 Å². The molecule has 1 aliphatic rings. The number of hydrogen-bond acceptors (Lipinski definition) is 3. The second-order valence-corrected chi connectivity index (χ2v) is 7.16. The molecular formula is C17H21FN4O. The van der Waals surface area contributed by atoms with Gasteiger partial charge in [-0.15, -0.1) is 0 Å². The number of anilines is 1. The molecule has 5 nitrogen and oxygen atoms in total. The number of rotatable bonds is 4. The SMILES string of the molecule is CC1(C)C(C)(C)C1(F)C(=O)Nc1cccc(Cn2cncn2)c1. The second kappa shape index (κ2) is 4.88. The van der Waals surface area contributed by atoms with E-state index in [1.54, 1.807) is 44.8 Å². The lowest BCUT2D eigenvalue weighted by atomic mass is 10.0. The number of amides is 1. The Kier molecular flexibility index (Phi) is 3.32. The van der Waals surface area contributed by atoms with Crippen LogP contribution in [-0.4, -0.2) is 26.3 Å². The Morgan fingerprint density at radius 1 is 1.26 bits per heavy atom. The van der Waals surface area contributed by atoms with Crippen LogP contribution in [0.4, 0.5) is 10.1 Å². The van der Waals surface area contributed by atoms with Crippen molar-refractivity contribution in [3.8, 4) is 0 Å². The average Bonchev–Trinajstić information content (AvgIpc) is 2.87. The van der Waals surface area contributed by atoms with Crippen molar-refractivity contribution in [1.82, 2.24) is 14.8 Å². The lowest BCUT2D eigenvalue weighted by molar-refractivity contribution is -0.124. The lowest BCUT2D eigenvalue weighted by Crippen LogP contribution is -2.32. The highest BCUT2D eigenvalue weighted by molar-refractivity contribution is 6.01. The fourth-order valence-electron chi connectivity index (χ4n) is 3.28. The third-order valence-electron chi connectivity index (χ3n) is 5.53. The maximum atomic E-state index is 15.1. The topological polar surface area (TPSA) is 59.8 Å². The molecule has 1 fully saturated rings. The molecule has 1 N–H and O–H groups in total. The first-order valence-corrected chi connectivity index (χ1v) is 7.62. The van der Waals surface area contributed by atoms with Crippen molar-refractivity contribution in [2.45, 2.75) is 39.9 Å². The molecule has 0 bridgehead atoms. The Morgan fingerprint density at radius 3 is 2.52 bits per heavy atom. The van der Waals surface area contributed by atoms with Gasteiger partial charge in [0, 0.05) is 16.5 Å². The summed E-state index contributed by atoms with van der Waals surface area (Å²) >= 11 is 0. The molecule has 1 saturated carbocycles. The number of carbonyl (C=O) groups excluding carboxylic acids is 1.